The highest BCUT2D eigenvalue weighted by Gasteiger charge is 2.29. The molecule has 0 unspecified atom stereocenters. The molecule has 0 aromatic heterocycles. The monoisotopic (exact) mass is 340 g/mol. The van der Waals surface area contributed by atoms with Gasteiger partial charge in [-0.1, -0.05) is 18.6 Å². The lowest BCUT2D eigenvalue weighted by atomic mass is 10.0. The van der Waals surface area contributed by atoms with Gasteiger partial charge in [-0.25, -0.2) is 13.1 Å². The molecule has 0 radical (unpaired) electrons. The lowest BCUT2D eigenvalue weighted by Crippen LogP contribution is -2.41. The van der Waals surface area contributed by atoms with Gasteiger partial charge in [-0.3, -0.25) is 4.79 Å². The standard InChI is InChI=1S/C16H24N2O4S/c1-23(21,22)18-15-4-2-3-13(15)11-17-16(20)10-7-12-5-8-14(19)9-6-12/h5-6,8-9,13,15,18-19H,2-4,7,10-11H2,1H3,(H,17,20)/t13-,15-/m1/s1. The Morgan fingerprint density at radius 1 is 1.26 bits per heavy atom. The van der Waals surface area contributed by atoms with E-state index in [1.54, 1.807) is 24.3 Å². The molecule has 7 heteroatoms. The first-order valence-electron chi connectivity index (χ1n) is 7.85. The summed E-state index contributed by atoms with van der Waals surface area (Å²) >= 11 is 0. The molecule has 6 nitrogen and oxygen atoms in total. The first-order chi connectivity index (χ1) is 10.8. The molecule has 0 aliphatic heterocycles. The molecule has 0 spiro atoms. The quantitative estimate of drug-likeness (QED) is 0.694. The van der Waals surface area contributed by atoms with Crippen molar-refractivity contribution >= 4 is 15.9 Å². The minimum Gasteiger partial charge on any atom is -0.508 e. The second-order valence-corrected chi connectivity index (χ2v) is 7.94. The lowest BCUT2D eigenvalue weighted by Gasteiger charge is -2.20. The molecule has 1 aromatic carbocycles. The van der Waals surface area contributed by atoms with E-state index in [1.165, 1.54) is 6.26 Å². The van der Waals surface area contributed by atoms with Gasteiger partial charge in [0, 0.05) is 19.0 Å². The van der Waals surface area contributed by atoms with Crippen molar-refractivity contribution in [2.24, 2.45) is 5.92 Å². The summed E-state index contributed by atoms with van der Waals surface area (Å²) in [6, 6.07) is 6.72. The Morgan fingerprint density at radius 2 is 1.96 bits per heavy atom. The average molecular weight is 340 g/mol. The van der Waals surface area contributed by atoms with Crippen LogP contribution in [0.15, 0.2) is 24.3 Å². The SMILES string of the molecule is CS(=O)(=O)N[C@@H]1CCC[C@@H]1CNC(=O)CCc1ccc(O)cc1. The van der Waals surface area contributed by atoms with Crippen LogP contribution in [0.3, 0.4) is 0 Å². The number of aryl methyl sites for hydroxylation is 1. The van der Waals surface area contributed by atoms with Crippen molar-refractivity contribution in [2.75, 3.05) is 12.8 Å². The second-order valence-electron chi connectivity index (χ2n) is 6.16. The van der Waals surface area contributed by atoms with Crippen molar-refractivity contribution in [3.8, 4) is 5.75 Å². The van der Waals surface area contributed by atoms with Gasteiger partial charge < -0.3 is 10.4 Å². The van der Waals surface area contributed by atoms with Crippen LogP contribution in [0.1, 0.15) is 31.2 Å². The number of nitrogens with one attached hydrogen (secondary N) is 2. The van der Waals surface area contributed by atoms with Crippen LogP contribution in [0, 0.1) is 5.92 Å². The topological polar surface area (TPSA) is 95.5 Å². The van der Waals surface area contributed by atoms with E-state index >= 15 is 0 Å². The minimum absolute atomic E-state index is 0.0388. The number of amides is 1. The maximum absolute atomic E-state index is 11.9. The van der Waals surface area contributed by atoms with Crippen LogP contribution in [0.5, 0.6) is 5.75 Å². The fourth-order valence-electron chi connectivity index (χ4n) is 2.97. The van der Waals surface area contributed by atoms with Crippen LogP contribution < -0.4 is 10.0 Å². The van der Waals surface area contributed by atoms with Crippen molar-refractivity contribution in [3.63, 3.8) is 0 Å². The molecule has 1 aliphatic carbocycles. The highest BCUT2D eigenvalue weighted by Crippen LogP contribution is 2.25. The molecule has 1 aliphatic rings. The molecule has 0 saturated heterocycles. The number of phenols is 1. The molecule has 23 heavy (non-hydrogen) atoms. The molecule has 0 bridgehead atoms. The zero-order valence-electron chi connectivity index (χ0n) is 13.3. The summed E-state index contributed by atoms with van der Waals surface area (Å²) in [6.07, 6.45) is 4.87. The van der Waals surface area contributed by atoms with Crippen LogP contribution in [-0.2, 0) is 21.2 Å². The van der Waals surface area contributed by atoms with E-state index in [9.17, 15) is 18.3 Å². The third-order valence-electron chi connectivity index (χ3n) is 4.16. The number of aromatic hydroxyl groups is 1. The van der Waals surface area contributed by atoms with Gasteiger partial charge in [0.1, 0.15) is 5.75 Å². The molecule has 1 saturated carbocycles. The van der Waals surface area contributed by atoms with Gasteiger partial charge in [-0.2, -0.15) is 0 Å². The third kappa shape index (κ3) is 6.19. The maximum Gasteiger partial charge on any atom is 0.220 e. The summed E-state index contributed by atoms with van der Waals surface area (Å²) in [5.41, 5.74) is 0.996. The molecule has 0 heterocycles. The highest BCUT2D eigenvalue weighted by atomic mass is 32.2. The van der Waals surface area contributed by atoms with Crippen molar-refractivity contribution < 1.29 is 18.3 Å². The number of carbonyl (C=O) groups is 1. The number of carbonyl (C=O) groups excluding carboxylic acids is 1. The van der Waals surface area contributed by atoms with Crippen LogP contribution >= 0.6 is 0 Å². The smallest absolute Gasteiger partial charge is 0.220 e. The molecular weight excluding hydrogens is 316 g/mol. The van der Waals surface area contributed by atoms with E-state index in [4.69, 9.17) is 0 Å². The van der Waals surface area contributed by atoms with Gasteiger partial charge in [-0.15, -0.1) is 0 Å². The van der Waals surface area contributed by atoms with Gasteiger partial charge in [-0.05, 0) is 42.9 Å². The van der Waals surface area contributed by atoms with E-state index in [0.29, 0.717) is 19.4 Å². The molecule has 3 N–H and O–H groups in total. The zero-order valence-corrected chi connectivity index (χ0v) is 14.1. The fourth-order valence-corrected chi connectivity index (χ4v) is 3.83. The molecule has 1 aromatic rings. The zero-order chi connectivity index (χ0) is 16.9. The van der Waals surface area contributed by atoms with E-state index < -0.39 is 10.0 Å². The van der Waals surface area contributed by atoms with E-state index in [0.717, 1.165) is 24.8 Å². The number of hydrogen-bond acceptors (Lipinski definition) is 4. The van der Waals surface area contributed by atoms with E-state index in [2.05, 4.69) is 10.0 Å². The molecule has 128 valence electrons. The van der Waals surface area contributed by atoms with Gasteiger partial charge in [0.25, 0.3) is 0 Å². The van der Waals surface area contributed by atoms with Crippen LogP contribution in [0.25, 0.3) is 0 Å². The van der Waals surface area contributed by atoms with Crippen molar-refractivity contribution in [3.05, 3.63) is 29.8 Å². The van der Waals surface area contributed by atoms with Crippen LogP contribution in [0.2, 0.25) is 0 Å². The van der Waals surface area contributed by atoms with Gasteiger partial charge >= 0.3 is 0 Å². The number of sulfonamides is 1. The predicted molar refractivity (Wildman–Crippen MR) is 88.5 cm³/mol. The molecule has 1 fully saturated rings. The summed E-state index contributed by atoms with van der Waals surface area (Å²) in [7, 11) is -3.21. The summed E-state index contributed by atoms with van der Waals surface area (Å²) in [5.74, 6) is 0.328. The molecule has 2 atom stereocenters. The highest BCUT2D eigenvalue weighted by molar-refractivity contribution is 7.88. The fraction of sp³-hybridized carbons (Fsp3) is 0.562. The Balaban J connectivity index is 1.74. The Bertz CT molecular complexity index is 628. The van der Waals surface area contributed by atoms with E-state index in [1.807, 2.05) is 0 Å². The number of phenolic OH excluding ortho intramolecular Hbond substituents is 1. The minimum atomic E-state index is -3.21. The first-order valence-corrected chi connectivity index (χ1v) is 9.74. The van der Waals surface area contributed by atoms with Crippen LogP contribution in [-0.4, -0.2) is 38.3 Å². The van der Waals surface area contributed by atoms with Crippen molar-refractivity contribution in [2.45, 2.75) is 38.1 Å². The number of benzene rings is 1. The second kappa shape index (κ2) is 7.79. The van der Waals surface area contributed by atoms with Crippen molar-refractivity contribution in [1.29, 1.82) is 0 Å². The maximum atomic E-state index is 11.9. The summed E-state index contributed by atoms with van der Waals surface area (Å²) in [6.45, 7) is 0.502. The number of rotatable bonds is 7. The Morgan fingerprint density at radius 3 is 2.61 bits per heavy atom. The summed E-state index contributed by atoms with van der Waals surface area (Å²) in [4.78, 5) is 11.9. The Kier molecular flexibility index (Phi) is 6.01. The van der Waals surface area contributed by atoms with Crippen molar-refractivity contribution in [1.82, 2.24) is 10.0 Å². The third-order valence-corrected chi connectivity index (χ3v) is 4.89. The molecular formula is C16H24N2O4S. The summed E-state index contributed by atoms with van der Waals surface area (Å²) < 4.78 is 25.3. The van der Waals surface area contributed by atoms with E-state index in [-0.39, 0.29) is 23.6 Å². The lowest BCUT2D eigenvalue weighted by molar-refractivity contribution is -0.121. The van der Waals surface area contributed by atoms with Gasteiger partial charge in [0.15, 0.2) is 0 Å². The van der Waals surface area contributed by atoms with Gasteiger partial charge in [0.05, 0.1) is 6.26 Å². The van der Waals surface area contributed by atoms with Crippen LogP contribution in [0.4, 0.5) is 0 Å². The number of hydrogen-bond donors (Lipinski definition) is 3. The first kappa shape index (κ1) is 17.7. The summed E-state index contributed by atoms with van der Waals surface area (Å²) in [5, 5.41) is 12.1. The average Bonchev–Trinajstić information content (AvgIpc) is 2.89. The molecule has 2 rings (SSSR count). The normalized spacial score (nSPS) is 21.3. The molecule has 1 amide bonds. The largest absolute Gasteiger partial charge is 0.508 e. The Labute approximate surface area is 137 Å². The Hall–Kier alpha value is -1.60. The van der Waals surface area contributed by atoms with Gasteiger partial charge in [0.2, 0.25) is 15.9 Å². The predicted octanol–water partition coefficient (Wildman–Crippen LogP) is 1.16.